The first-order valence-corrected chi connectivity index (χ1v) is 32.1. The Balaban J connectivity index is 0.961. The van der Waals surface area contributed by atoms with Gasteiger partial charge in [-0.1, -0.05) is 13.8 Å². The highest BCUT2D eigenvalue weighted by Gasteiger charge is 2.46. The Hall–Kier alpha value is -7.47. The summed E-state index contributed by atoms with van der Waals surface area (Å²) < 4.78 is 96.2. The summed E-state index contributed by atoms with van der Waals surface area (Å²) in [7, 11) is 0.857. The SMILES string of the molecule is COc1cc2c(cc1OCCP(=O)(CCOc1cc3c(cc1OC)C(=O)N1C[C@H](F)C[C@H]1C(OS(=O)O)N3)N(C)CCCC(=O)NCCNC(=O)[C@@H](CCCNC=O)NC(=O)[C@H](NC(=O)CCCN1C(=O)C=CC1=O)C(C)C)NC[C@@H]1C[C@@H](F)CN1C2=O. The molecule has 2 fully saturated rings. The van der Waals surface area contributed by atoms with E-state index in [2.05, 4.69) is 37.2 Å². The Morgan fingerprint density at radius 2 is 1.40 bits per heavy atom. The van der Waals surface area contributed by atoms with E-state index in [4.69, 9.17) is 23.1 Å². The van der Waals surface area contributed by atoms with Gasteiger partial charge in [0.15, 0.2) is 36.5 Å². The first-order valence-electron chi connectivity index (χ1n) is 29.1. The van der Waals surface area contributed by atoms with Gasteiger partial charge in [-0.05, 0) is 50.8 Å². The normalized spacial score (nSPS) is 21.1. The van der Waals surface area contributed by atoms with Crippen LogP contribution in [-0.4, -0.2) is 224 Å². The Morgan fingerprint density at radius 3 is 2.03 bits per heavy atom. The minimum absolute atomic E-state index is 0.00947. The maximum Gasteiger partial charge on any atom is 0.304 e. The molecule has 0 spiro atoms. The molecule has 88 heavy (non-hydrogen) atoms. The smallest absolute Gasteiger partial charge is 0.304 e. The Morgan fingerprint density at radius 1 is 0.795 bits per heavy atom. The third-order valence-corrected chi connectivity index (χ3v) is 19.3. The van der Waals surface area contributed by atoms with Crippen LogP contribution >= 0.6 is 7.29 Å². The molecule has 0 aliphatic carbocycles. The third-order valence-electron chi connectivity index (χ3n) is 15.7. The molecule has 9 amide bonds. The Bertz CT molecular complexity index is 3000. The molecule has 7 rings (SSSR count). The van der Waals surface area contributed by atoms with Crippen molar-refractivity contribution in [1.82, 2.24) is 46.0 Å². The second kappa shape index (κ2) is 31.6. The molecule has 28 nitrogen and oxygen atoms in total. The van der Waals surface area contributed by atoms with Gasteiger partial charge in [0.1, 0.15) is 24.4 Å². The largest absolute Gasteiger partial charge is 0.493 e. The number of carbonyl (C=O) groups is 9. The van der Waals surface area contributed by atoms with E-state index >= 15 is 4.57 Å². The molecule has 5 aliphatic heterocycles. The van der Waals surface area contributed by atoms with Crippen LogP contribution in [0, 0.1) is 5.92 Å². The van der Waals surface area contributed by atoms with Crippen LogP contribution in [0.4, 0.5) is 20.2 Å². The number of hydrogen-bond acceptors (Lipinski definition) is 18. The molecule has 5 heterocycles. The van der Waals surface area contributed by atoms with Crippen LogP contribution in [-0.2, 0) is 53.7 Å². The molecule has 5 aliphatic rings. The first kappa shape index (κ1) is 68.0. The first-order chi connectivity index (χ1) is 42.0. The maximum absolute atomic E-state index is 15.3. The number of carbonyl (C=O) groups excluding carboxylic acids is 9. The average molecular weight is 1280 g/mol. The number of ether oxygens (including phenoxy) is 4. The summed E-state index contributed by atoms with van der Waals surface area (Å²) in [5.41, 5.74) is 0.932. The van der Waals surface area contributed by atoms with Crippen molar-refractivity contribution in [1.29, 1.82) is 0 Å². The number of nitrogens with one attached hydrogen (secondary N) is 7. The molecule has 0 aromatic heterocycles. The molecule has 9 atom stereocenters. The zero-order valence-electron chi connectivity index (χ0n) is 49.7. The lowest BCUT2D eigenvalue weighted by Crippen LogP contribution is -2.55. The lowest BCUT2D eigenvalue weighted by Gasteiger charge is -2.29. The molecular formula is C56H78F2N11O17PS. The number of halogens is 2. The highest BCUT2D eigenvalue weighted by Crippen LogP contribution is 2.49. The molecule has 0 saturated carbocycles. The van der Waals surface area contributed by atoms with Crippen molar-refractivity contribution < 1.29 is 88.4 Å². The summed E-state index contributed by atoms with van der Waals surface area (Å²) in [4.78, 5) is 119. The van der Waals surface area contributed by atoms with Crippen molar-refractivity contribution in [3.63, 3.8) is 0 Å². The predicted octanol–water partition coefficient (Wildman–Crippen LogP) is 1.68. The number of fused-ring (bicyclic) bond motifs is 4. The molecule has 484 valence electrons. The highest BCUT2D eigenvalue weighted by molar-refractivity contribution is 7.74. The van der Waals surface area contributed by atoms with Gasteiger partial charge in [-0.25, -0.2) is 13.0 Å². The number of amides is 9. The number of rotatable bonds is 34. The average Bonchev–Trinajstić information content (AvgIpc) is 1.88. The van der Waals surface area contributed by atoms with Gasteiger partial charge in [0.2, 0.25) is 30.0 Å². The van der Waals surface area contributed by atoms with Crippen LogP contribution < -0.4 is 56.2 Å². The lowest BCUT2D eigenvalue weighted by atomic mass is 10.0. The monoisotopic (exact) mass is 1280 g/mol. The summed E-state index contributed by atoms with van der Waals surface area (Å²) in [6.07, 6.45) is -0.470. The lowest BCUT2D eigenvalue weighted by molar-refractivity contribution is -0.137. The minimum atomic E-state index is -3.51. The zero-order valence-corrected chi connectivity index (χ0v) is 51.4. The number of imide groups is 1. The second-order valence-electron chi connectivity index (χ2n) is 22.1. The van der Waals surface area contributed by atoms with Crippen molar-refractivity contribution in [3.05, 3.63) is 47.5 Å². The van der Waals surface area contributed by atoms with Gasteiger partial charge in [-0.3, -0.25) is 57.3 Å². The standard InChI is InChI=1S/C56H78F2N11O17PS/c1-33(2)51(65-48(72)11-8-18-67-49(73)12-13-50(67)74)53(76)63-39(9-6-14-59-32-70)52(75)61-16-15-60-47(71)10-7-17-66(3)87(79,21-19-84-45-27-40-37(25-43(45)82-4)55(77)68-30-34(57)23-36(68)29-62-40)22-20-85-46-28-41-38(26-44(46)83-5)56(78)69-31-35(58)24-42(69)54(64-41)86-88(80)81/h12-13,25-28,32-36,39,42,51,54,62,64H,6-11,14-24,29-31H2,1-5H3,(H,59,70)(H,60,71)(H,61,75)(H,63,76)(H,65,72)(H,80,81)/t34-,35-,36+,39-,42+,51-,54?,87?/m1/s1. The number of nitrogens with zero attached hydrogens (tertiary/aromatic N) is 4. The van der Waals surface area contributed by atoms with Gasteiger partial charge in [0.05, 0.1) is 75.1 Å². The summed E-state index contributed by atoms with van der Waals surface area (Å²) in [6.45, 7) is 3.42. The topological polar surface area (TPSA) is 351 Å². The number of methoxy groups -OCH3 is 2. The summed E-state index contributed by atoms with van der Waals surface area (Å²) in [5.74, 6) is -3.77. The summed E-state index contributed by atoms with van der Waals surface area (Å²) in [6, 6.07) is 2.52. The summed E-state index contributed by atoms with van der Waals surface area (Å²) in [5, 5.41) is 19.5. The minimum Gasteiger partial charge on any atom is -0.493 e. The van der Waals surface area contributed by atoms with E-state index in [0.717, 1.165) is 17.1 Å². The fourth-order valence-corrected chi connectivity index (χ4v) is 13.5. The van der Waals surface area contributed by atoms with E-state index in [-0.39, 0.29) is 168 Å². The van der Waals surface area contributed by atoms with Gasteiger partial charge in [0, 0.05) is 102 Å². The van der Waals surface area contributed by atoms with E-state index < -0.39 is 103 Å². The van der Waals surface area contributed by atoms with Gasteiger partial charge in [-0.2, -0.15) is 4.21 Å². The highest BCUT2D eigenvalue weighted by atomic mass is 32.2. The zero-order chi connectivity index (χ0) is 63.8. The van der Waals surface area contributed by atoms with Crippen molar-refractivity contribution in [2.24, 2.45) is 5.92 Å². The van der Waals surface area contributed by atoms with Crippen LogP contribution in [0.5, 0.6) is 23.0 Å². The van der Waals surface area contributed by atoms with E-state index in [1.165, 1.54) is 42.2 Å². The molecule has 32 heteroatoms. The third kappa shape index (κ3) is 17.7. The number of anilines is 2. The van der Waals surface area contributed by atoms with E-state index in [1.807, 2.05) is 0 Å². The molecule has 0 radical (unpaired) electrons. The van der Waals surface area contributed by atoms with Gasteiger partial charge < -0.3 is 70.5 Å². The quantitative estimate of drug-likeness (QED) is 0.0162. The Labute approximate surface area is 510 Å². The van der Waals surface area contributed by atoms with Gasteiger partial charge in [-0.15, -0.1) is 0 Å². The fourth-order valence-electron chi connectivity index (χ4n) is 11.0. The van der Waals surface area contributed by atoms with Gasteiger partial charge >= 0.3 is 11.4 Å². The van der Waals surface area contributed by atoms with Crippen LogP contribution in [0.1, 0.15) is 85.9 Å². The van der Waals surface area contributed by atoms with E-state index in [0.29, 0.717) is 25.1 Å². The molecular weight excluding hydrogens is 1200 g/mol. The fraction of sp³-hybridized carbons (Fsp3) is 0.589. The molecule has 2 aromatic carbocycles. The summed E-state index contributed by atoms with van der Waals surface area (Å²) >= 11 is -2.79. The number of alkyl halides is 2. The van der Waals surface area contributed by atoms with Crippen molar-refractivity contribution in [2.75, 3.05) is 110 Å². The maximum atomic E-state index is 15.3. The van der Waals surface area contributed by atoms with Gasteiger partial charge in [0.25, 0.3) is 23.6 Å². The molecule has 2 aromatic rings. The molecule has 3 unspecified atom stereocenters. The molecule has 8 N–H and O–H groups in total. The van der Waals surface area contributed by atoms with Crippen molar-refractivity contribution in [2.45, 2.75) is 108 Å². The molecule has 0 bridgehead atoms. The van der Waals surface area contributed by atoms with Crippen LogP contribution in [0.15, 0.2) is 36.4 Å². The predicted molar refractivity (Wildman–Crippen MR) is 316 cm³/mol. The number of hydrogen-bond donors (Lipinski definition) is 8. The van der Waals surface area contributed by atoms with Crippen LogP contribution in [0.25, 0.3) is 0 Å². The second-order valence-corrected chi connectivity index (χ2v) is 26.0. The van der Waals surface area contributed by atoms with Crippen LogP contribution in [0.3, 0.4) is 0 Å². The van der Waals surface area contributed by atoms with Crippen molar-refractivity contribution >= 4 is 83.7 Å². The Kier molecular flexibility index (Phi) is 24.4. The van der Waals surface area contributed by atoms with Crippen molar-refractivity contribution in [3.8, 4) is 23.0 Å². The van der Waals surface area contributed by atoms with E-state index in [9.17, 15) is 60.7 Å². The number of benzene rings is 2. The van der Waals surface area contributed by atoms with Crippen LogP contribution in [0.2, 0.25) is 0 Å². The molecule has 2 saturated heterocycles. The van der Waals surface area contributed by atoms with E-state index in [1.54, 1.807) is 31.6 Å².